The van der Waals surface area contributed by atoms with Gasteiger partial charge >= 0.3 is 17.9 Å². The van der Waals surface area contributed by atoms with Crippen molar-refractivity contribution >= 4 is 17.9 Å². The number of allylic oxidation sites excluding steroid dienone is 7. The number of quaternary nitrogens is 1. The summed E-state index contributed by atoms with van der Waals surface area (Å²) in [6.45, 7) is 4.36. The predicted octanol–water partition coefficient (Wildman–Crippen LogP) is 6.56. The third kappa shape index (κ3) is 23.7. The summed E-state index contributed by atoms with van der Waals surface area (Å²) in [6.07, 6.45) is 25.1. The summed E-state index contributed by atoms with van der Waals surface area (Å²) in [7, 11) is 5.45. The van der Waals surface area contributed by atoms with Crippen molar-refractivity contribution in [1.82, 2.24) is 0 Å². The summed E-state index contributed by atoms with van der Waals surface area (Å²) in [5.74, 6) is -1.70. The lowest BCUT2D eigenvalue weighted by Gasteiger charge is -2.31. The van der Waals surface area contributed by atoms with E-state index in [4.69, 9.17) is 14.2 Å². The zero-order valence-corrected chi connectivity index (χ0v) is 26.2. The van der Waals surface area contributed by atoms with Crippen LogP contribution in [-0.4, -0.2) is 80.6 Å². The highest BCUT2D eigenvalue weighted by Gasteiger charge is 2.31. The number of ether oxygens (including phenoxy) is 3. The number of rotatable bonds is 25. The molecule has 8 heteroatoms. The molecule has 0 aliphatic rings. The zero-order chi connectivity index (χ0) is 30.8. The van der Waals surface area contributed by atoms with E-state index >= 15 is 0 Å². The molecular formula is C33H56NO7+. The van der Waals surface area contributed by atoms with E-state index < -0.39 is 24.1 Å². The van der Waals surface area contributed by atoms with Crippen LogP contribution in [0.2, 0.25) is 0 Å². The Kier molecular flexibility index (Phi) is 23.4. The molecule has 234 valence electrons. The second-order valence-electron chi connectivity index (χ2n) is 11.0. The Balaban J connectivity index is 4.72. The maximum Gasteiger partial charge on any atom is 0.362 e. The van der Waals surface area contributed by atoms with Crippen molar-refractivity contribution in [2.45, 2.75) is 103 Å². The van der Waals surface area contributed by atoms with E-state index in [2.05, 4.69) is 38.2 Å². The van der Waals surface area contributed by atoms with Gasteiger partial charge in [0.15, 0.2) is 12.1 Å². The normalized spacial score (nSPS) is 13.9. The lowest BCUT2D eigenvalue weighted by molar-refractivity contribution is -0.887. The molecule has 0 aromatic carbocycles. The first-order valence-electron chi connectivity index (χ1n) is 15.2. The van der Waals surface area contributed by atoms with E-state index in [1.165, 1.54) is 19.3 Å². The topological polar surface area (TPSA) is 99.1 Å². The fourth-order valence-electron chi connectivity index (χ4n) is 3.87. The smallest absolute Gasteiger partial charge is 0.362 e. The highest BCUT2D eigenvalue weighted by atomic mass is 16.6. The Hall–Kier alpha value is -2.71. The number of nitrogens with zero attached hydrogens (tertiary/aromatic N) is 1. The molecule has 0 fully saturated rings. The molecule has 0 heterocycles. The van der Waals surface area contributed by atoms with Crippen LogP contribution in [0.5, 0.6) is 0 Å². The molecule has 0 bridgehead atoms. The van der Waals surface area contributed by atoms with Gasteiger partial charge in [0.2, 0.25) is 0 Å². The minimum Gasteiger partial charge on any atom is -0.477 e. The van der Waals surface area contributed by atoms with Crippen LogP contribution in [-0.2, 0) is 28.6 Å². The molecule has 0 aromatic rings. The van der Waals surface area contributed by atoms with Gasteiger partial charge in [-0.15, -0.1) is 0 Å². The van der Waals surface area contributed by atoms with Crippen LogP contribution in [0.4, 0.5) is 0 Å². The van der Waals surface area contributed by atoms with E-state index in [0.717, 1.165) is 32.1 Å². The number of carboxylic acid groups (broad SMARTS) is 1. The van der Waals surface area contributed by atoms with Crippen molar-refractivity contribution in [3.8, 4) is 0 Å². The summed E-state index contributed by atoms with van der Waals surface area (Å²) in [5.41, 5.74) is 0. The maximum atomic E-state index is 12.4. The fraction of sp³-hybridized carbons (Fsp3) is 0.667. The Bertz CT molecular complexity index is 824. The van der Waals surface area contributed by atoms with Gasteiger partial charge in [-0.2, -0.15) is 0 Å². The van der Waals surface area contributed by atoms with Gasteiger partial charge in [0, 0.05) is 12.8 Å². The molecule has 2 atom stereocenters. The Morgan fingerprint density at radius 3 is 2.07 bits per heavy atom. The summed E-state index contributed by atoms with van der Waals surface area (Å²) < 4.78 is 16.8. The average molecular weight is 579 g/mol. The fourth-order valence-corrected chi connectivity index (χ4v) is 3.87. The first-order valence-corrected chi connectivity index (χ1v) is 15.2. The molecule has 0 aromatic heterocycles. The van der Waals surface area contributed by atoms with Gasteiger partial charge < -0.3 is 23.8 Å². The second-order valence-corrected chi connectivity index (χ2v) is 11.0. The van der Waals surface area contributed by atoms with E-state index in [1.807, 2.05) is 39.4 Å². The number of carbonyl (C=O) groups excluding carboxylic acids is 2. The van der Waals surface area contributed by atoms with Gasteiger partial charge in [-0.1, -0.05) is 81.7 Å². The van der Waals surface area contributed by atoms with E-state index in [9.17, 15) is 19.5 Å². The van der Waals surface area contributed by atoms with Crippen molar-refractivity contribution in [1.29, 1.82) is 0 Å². The average Bonchev–Trinajstić information content (AvgIpc) is 2.91. The molecule has 0 spiro atoms. The van der Waals surface area contributed by atoms with Crippen molar-refractivity contribution < 1.29 is 38.2 Å². The molecule has 0 saturated heterocycles. The largest absolute Gasteiger partial charge is 0.477 e. The highest BCUT2D eigenvalue weighted by molar-refractivity contribution is 5.72. The lowest BCUT2D eigenvalue weighted by Crippen LogP contribution is -2.50. The number of esters is 2. The van der Waals surface area contributed by atoms with Crippen LogP contribution in [0, 0.1) is 0 Å². The molecular weight excluding hydrogens is 522 g/mol. The monoisotopic (exact) mass is 578 g/mol. The van der Waals surface area contributed by atoms with Crippen LogP contribution >= 0.6 is 0 Å². The first-order chi connectivity index (χ1) is 19.6. The minimum absolute atomic E-state index is 0.0167. The molecule has 8 nitrogen and oxygen atoms in total. The number of likely N-dealkylation sites (N-methyl/N-ethyl adjacent to an activating group) is 1. The van der Waals surface area contributed by atoms with Crippen LogP contribution < -0.4 is 0 Å². The molecule has 0 amide bonds. The summed E-state index contributed by atoms with van der Waals surface area (Å²) >= 11 is 0. The van der Waals surface area contributed by atoms with Crippen molar-refractivity contribution in [3.63, 3.8) is 0 Å². The number of hydrogen-bond donors (Lipinski definition) is 1. The third-order valence-electron chi connectivity index (χ3n) is 6.26. The first kappa shape index (κ1) is 38.3. The molecule has 2 unspecified atom stereocenters. The zero-order valence-electron chi connectivity index (χ0n) is 26.2. The van der Waals surface area contributed by atoms with Crippen molar-refractivity contribution in [3.05, 3.63) is 48.6 Å². The quantitative estimate of drug-likeness (QED) is 0.0567. The molecule has 1 N–H and O–H groups in total. The lowest BCUT2D eigenvalue weighted by atomic mass is 10.1. The summed E-state index contributed by atoms with van der Waals surface area (Å²) in [4.78, 5) is 36.3. The van der Waals surface area contributed by atoms with Crippen LogP contribution in [0.3, 0.4) is 0 Å². The Morgan fingerprint density at radius 1 is 0.780 bits per heavy atom. The predicted molar refractivity (Wildman–Crippen MR) is 164 cm³/mol. The van der Waals surface area contributed by atoms with Gasteiger partial charge in [-0.05, 0) is 38.5 Å². The standard InChI is InChI=1S/C33H55NO7/c1-6-8-10-12-14-16-18-19-21-23-31(35)40-28-29(27-39-26-25-30(33(37)38)34(3,4)5)41-32(36)24-22-20-17-15-13-11-9-7-2/h8,10,14,16-17,19-21,29-30H,6-7,9,11-13,15,18,22-28H2,1-5H3/p+1/b10-8+,16-14+,20-17+,21-19+. The van der Waals surface area contributed by atoms with E-state index in [0.29, 0.717) is 12.8 Å². The van der Waals surface area contributed by atoms with Crippen molar-refractivity contribution in [2.24, 2.45) is 0 Å². The number of unbranched alkanes of at least 4 members (excludes halogenated alkanes) is 4. The van der Waals surface area contributed by atoms with Gasteiger partial charge in [0.05, 0.1) is 40.8 Å². The van der Waals surface area contributed by atoms with Crippen LogP contribution in [0.1, 0.15) is 90.9 Å². The number of hydrogen-bond acceptors (Lipinski definition) is 6. The Morgan fingerprint density at radius 2 is 1.44 bits per heavy atom. The van der Waals surface area contributed by atoms with E-state index in [-0.39, 0.29) is 43.1 Å². The molecule has 0 radical (unpaired) electrons. The third-order valence-corrected chi connectivity index (χ3v) is 6.26. The molecule has 41 heavy (non-hydrogen) atoms. The second kappa shape index (κ2) is 25.0. The van der Waals surface area contributed by atoms with E-state index in [1.54, 1.807) is 6.08 Å². The molecule has 0 saturated carbocycles. The van der Waals surface area contributed by atoms with Gasteiger partial charge in [-0.25, -0.2) is 4.79 Å². The van der Waals surface area contributed by atoms with Gasteiger partial charge in [0.1, 0.15) is 6.61 Å². The Labute approximate surface area is 248 Å². The van der Waals surface area contributed by atoms with Crippen LogP contribution in [0.15, 0.2) is 48.6 Å². The minimum atomic E-state index is -0.895. The van der Waals surface area contributed by atoms with Gasteiger partial charge in [0.25, 0.3) is 0 Å². The highest BCUT2D eigenvalue weighted by Crippen LogP contribution is 2.10. The van der Waals surface area contributed by atoms with Crippen LogP contribution in [0.25, 0.3) is 0 Å². The molecule has 0 aliphatic carbocycles. The SMILES string of the molecule is CC/C=C/C/C=C/C/C=C/CC(=O)OCC(COCCC(C(=O)O)[N+](C)(C)C)OC(=O)CC/C=C/CCCCCC. The summed E-state index contributed by atoms with van der Waals surface area (Å²) in [6, 6.07) is -0.628. The number of carboxylic acids is 1. The number of carbonyl (C=O) groups is 3. The van der Waals surface area contributed by atoms with Crippen molar-refractivity contribution in [2.75, 3.05) is 41.0 Å². The molecule has 0 rings (SSSR count). The number of aliphatic carboxylic acids is 1. The summed E-state index contributed by atoms with van der Waals surface area (Å²) in [5, 5.41) is 9.50. The molecule has 0 aliphatic heterocycles. The van der Waals surface area contributed by atoms with Gasteiger partial charge in [-0.3, -0.25) is 9.59 Å². The maximum absolute atomic E-state index is 12.4.